The molecule has 1 aromatic rings. The molecule has 0 fully saturated rings. The van der Waals surface area contributed by atoms with Crippen LogP contribution in [0.15, 0.2) is 12.1 Å². The molecule has 0 spiro atoms. The lowest BCUT2D eigenvalue weighted by Crippen LogP contribution is -2.42. The molecule has 3 atom stereocenters. The Kier molecular flexibility index (Phi) is 6.07. The van der Waals surface area contributed by atoms with Crippen molar-refractivity contribution in [2.45, 2.75) is 45.4 Å². The maximum Gasteiger partial charge on any atom is 0.210 e. The number of methoxy groups -OCH3 is 1. The van der Waals surface area contributed by atoms with Crippen molar-refractivity contribution < 1.29 is 19.4 Å². The molecule has 0 bridgehead atoms. The molecule has 6 nitrogen and oxygen atoms in total. The monoisotopic (exact) mass is 336 g/mol. The molecule has 0 radical (unpaired) electrons. The molecule has 0 saturated carbocycles. The summed E-state index contributed by atoms with van der Waals surface area (Å²) in [5, 5.41) is 10.1. The zero-order chi connectivity index (χ0) is 17.9. The molecule has 3 unspecified atom stereocenters. The number of nitrogens with two attached hydrogens (primary N) is 1. The van der Waals surface area contributed by atoms with Gasteiger partial charge in [0.15, 0.2) is 11.5 Å². The van der Waals surface area contributed by atoms with E-state index in [1.54, 1.807) is 12.0 Å². The van der Waals surface area contributed by atoms with Crippen molar-refractivity contribution in [3.05, 3.63) is 23.3 Å². The van der Waals surface area contributed by atoms with E-state index in [9.17, 15) is 9.90 Å². The first-order valence-electron chi connectivity index (χ1n) is 8.37. The molecule has 1 aliphatic rings. The second kappa shape index (κ2) is 7.85. The van der Waals surface area contributed by atoms with Crippen LogP contribution < -0.4 is 15.2 Å². The van der Waals surface area contributed by atoms with E-state index in [2.05, 4.69) is 0 Å². The summed E-state index contributed by atoms with van der Waals surface area (Å²) in [5.74, 6) is 1.36. The normalized spacial score (nSPS) is 19.6. The second-order valence-electron chi connectivity index (χ2n) is 6.67. The van der Waals surface area contributed by atoms with Crippen molar-refractivity contribution in [1.29, 1.82) is 0 Å². The number of amides is 1. The predicted octanol–water partition coefficient (Wildman–Crippen LogP) is 1.49. The highest BCUT2D eigenvalue weighted by Gasteiger charge is 2.25. The number of fused-ring (bicyclic) bond motifs is 1. The van der Waals surface area contributed by atoms with Crippen LogP contribution in [-0.4, -0.2) is 48.8 Å². The van der Waals surface area contributed by atoms with E-state index in [0.29, 0.717) is 18.0 Å². The van der Waals surface area contributed by atoms with Gasteiger partial charge in [-0.3, -0.25) is 4.79 Å². The van der Waals surface area contributed by atoms with Crippen LogP contribution in [-0.2, 0) is 11.2 Å². The van der Waals surface area contributed by atoms with Gasteiger partial charge < -0.3 is 25.2 Å². The third-order valence-corrected chi connectivity index (χ3v) is 4.77. The lowest BCUT2D eigenvalue weighted by atomic mass is 9.93. The zero-order valence-electron chi connectivity index (χ0n) is 14.9. The Labute approximate surface area is 143 Å². The maximum absolute atomic E-state index is 11.1. The molecule has 1 aliphatic heterocycles. The number of hydrogen-bond acceptors (Lipinski definition) is 5. The molecule has 134 valence electrons. The third-order valence-electron chi connectivity index (χ3n) is 4.77. The number of hydrogen-bond donors (Lipinski definition) is 2. The van der Waals surface area contributed by atoms with Gasteiger partial charge in [0.05, 0.1) is 13.2 Å². The average Bonchev–Trinajstić information content (AvgIpc) is 2.58. The fraction of sp³-hybridized carbons (Fsp3) is 0.611. The second-order valence-corrected chi connectivity index (χ2v) is 6.67. The number of ether oxygens (including phenoxy) is 2. The summed E-state index contributed by atoms with van der Waals surface area (Å²) in [4.78, 5) is 12.9. The Morgan fingerprint density at radius 2 is 2.12 bits per heavy atom. The number of aliphatic hydroxyl groups is 1. The molecular formula is C18H28N2O4. The fourth-order valence-electron chi connectivity index (χ4n) is 2.99. The lowest BCUT2D eigenvalue weighted by Gasteiger charge is -2.33. The Bertz CT molecular complexity index is 576. The van der Waals surface area contributed by atoms with E-state index in [1.165, 1.54) is 0 Å². The maximum atomic E-state index is 11.1. The van der Waals surface area contributed by atoms with Crippen molar-refractivity contribution in [2.24, 2.45) is 11.7 Å². The van der Waals surface area contributed by atoms with Crippen LogP contribution in [0.3, 0.4) is 0 Å². The zero-order valence-corrected chi connectivity index (χ0v) is 14.9. The first kappa shape index (κ1) is 18.5. The first-order chi connectivity index (χ1) is 11.4. The molecule has 1 heterocycles. The quantitative estimate of drug-likeness (QED) is 0.737. The van der Waals surface area contributed by atoms with Crippen molar-refractivity contribution >= 4 is 6.41 Å². The van der Waals surface area contributed by atoms with Crippen molar-refractivity contribution in [3.8, 4) is 11.5 Å². The molecule has 24 heavy (non-hydrogen) atoms. The highest BCUT2D eigenvalue weighted by Crippen LogP contribution is 2.37. The molecule has 1 aromatic carbocycles. The molecule has 0 saturated heterocycles. The van der Waals surface area contributed by atoms with Crippen LogP contribution in [0, 0.1) is 5.92 Å². The first-order valence-corrected chi connectivity index (χ1v) is 8.37. The van der Waals surface area contributed by atoms with E-state index in [-0.39, 0.29) is 24.6 Å². The van der Waals surface area contributed by atoms with Gasteiger partial charge in [-0.1, -0.05) is 13.8 Å². The topological polar surface area (TPSA) is 85.0 Å². The number of rotatable bonds is 7. The molecule has 0 aromatic heterocycles. The minimum atomic E-state index is -0.741. The van der Waals surface area contributed by atoms with Gasteiger partial charge in [0.2, 0.25) is 6.41 Å². The van der Waals surface area contributed by atoms with Gasteiger partial charge in [-0.25, -0.2) is 0 Å². The minimum absolute atomic E-state index is 0.00848. The Hall–Kier alpha value is -1.79. The highest BCUT2D eigenvalue weighted by atomic mass is 16.5. The molecule has 6 heteroatoms. The van der Waals surface area contributed by atoms with E-state index in [0.717, 1.165) is 24.0 Å². The van der Waals surface area contributed by atoms with Crippen LogP contribution in [0.2, 0.25) is 0 Å². The standard InChI is InChI=1S/C18H28N2O4/c1-11(2)18(19)15(22)9-24-17-7-13-5-6-20(10-21)12(3)14(13)8-16(17)23-4/h7-8,10-12,15,18,22H,5-6,9,19H2,1-4H3. The van der Waals surface area contributed by atoms with Crippen molar-refractivity contribution in [3.63, 3.8) is 0 Å². The summed E-state index contributed by atoms with van der Waals surface area (Å²) in [6.07, 6.45) is 0.913. The van der Waals surface area contributed by atoms with Gasteiger partial charge >= 0.3 is 0 Å². The molecule has 1 amide bonds. The third kappa shape index (κ3) is 3.82. The van der Waals surface area contributed by atoms with Gasteiger partial charge in [-0.05, 0) is 42.5 Å². The van der Waals surface area contributed by atoms with Crippen molar-refractivity contribution in [1.82, 2.24) is 4.90 Å². The summed E-state index contributed by atoms with van der Waals surface area (Å²) < 4.78 is 11.2. The molecule has 3 N–H and O–H groups in total. The van der Waals surface area contributed by atoms with Crippen LogP contribution in [0.1, 0.15) is 37.9 Å². The van der Waals surface area contributed by atoms with Crippen LogP contribution >= 0.6 is 0 Å². The van der Waals surface area contributed by atoms with Crippen LogP contribution in [0.5, 0.6) is 11.5 Å². The van der Waals surface area contributed by atoms with E-state index >= 15 is 0 Å². The number of nitrogens with zero attached hydrogens (tertiary/aromatic N) is 1. The van der Waals surface area contributed by atoms with E-state index in [1.807, 2.05) is 32.9 Å². The number of aliphatic hydroxyl groups excluding tert-OH is 1. The van der Waals surface area contributed by atoms with Crippen LogP contribution in [0.4, 0.5) is 0 Å². The van der Waals surface area contributed by atoms with Crippen molar-refractivity contribution in [2.75, 3.05) is 20.3 Å². The number of benzene rings is 1. The average molecular weight is 336 g/mol. The summed E-state index contributed by atoms with van der Waals surface area (Å²) in [6.45, 7) is 6.73. The summed E-state index contributed by atoms with van der Waals surface area (Å²) in [6, 6.07) is 3.53. The predicted molar refractivity (Wildman–Crippen MR) is 92.2 cm³/mol. The molecular weight excluding hydrogens is 308 g/mol. The van der Waals surface area contributed by atoms with E-state index in [4.69, 9.17) is 15.2 Å². The Morgan fingerprint density at radius 1 is 1.42 bits per heavy atom. The summed E-state index contributed by atoms with van der Waals surface area (Å²) >= 11 is 0. The SMILES string of the molecule is COc1cc2c(cc1OCC(O)C(N)C(C)C)CCN(C=O)C2C. The summed E-state index contributed by atoms with van der Waals surface area (Å²) in [7, 11) is 1.58. The Balaban J connectivity index is 2.18. The molecule has 2 rings (SSSR count). The van der Waals surface area contributed by atoms with Gasteiger partial charge in [0.1, 0.15) is 12.7 Å². The van der Waals surface area contributed by atoms with Crippen LogP contribution in [0.25, 0.3) is 0 Å². The van der Waals surface area contributed by atoms with Gasteiger partial charge in [0, 0.05) is 12.6 Å². The van der Waals surface area contributed by atoms with Gasteiger partial charge in [0.25, 0.3) is 0 Å². The fourth-order valence-corrected chi connectivity index (χ4v) is 2.99. The highest BCUT2D eigenvalue weighted by molar-refractivity contribution is 5.54. The summed E-state index contributed by atoms with van der Waals surface area (Å²) in [5.41, 5.74) is 8.16. The largest absolute Gasteiger partial charge is 0.493 e. The number of carbonyl (C=O) groups excluding carboxylic acids is 1. The minimum Gasteiger partial charge on any atom is -0.493 e. The smallest absolute Gasteiger partial charge is 0.210 e. The Morgan fingerprint density at radius 3 is 2.71 bits per heavy atom. The lowest BCUT2D eigenvalue weighted by molar-refractivity contribution is -0.120. The van der Waals surface area contributed by atoms with E-state index < -0.39 is 6.10 Å². The number of carbonyl (C=O) groups is 1. The van der Waals surface area contributed by atoms with Gasteiger partial charge in [-0.2, -0.15) is 0 Å². The van der Waals surface area contributed by atoms with Gasteiger partial charge in [-0.15, -0.1) is 0 Å². The molecule has 0 aliphatic carbocycles.